The summed E-state index contributed by atoms with van der Waals surface area (Å²) in [6.45, 7) is 3.76. The van der Waals surface area contributed by atoms with Gasteiger partial charge in [0, 0.05) is 12.1 Å². The van der Waals surface area contributed by atoms with Crippen molar-refractivity contribution in [2.45, 2.75) is 37.8 Å². The number of likely N-dealkylation sites (N-methyl/N-ethyl adjacent to an activating group) is 1. The zero-order valence-corrected chi connectivity index (χ0v) is 10.1. The smallest absolute Gasteiger partial charge is 0.0247 e. The maximum absolute atomic E-state index is 3.64. The molecule has 0 radical (unpaired) electrons. The highest BCUT2D eigenvalue weighted by Gasteiger charge is 2.31. The van der Waals surface area contributed by atoms with Crippen molar-refractivity contribution < 1.29 is 0 Å². The molecule has 2 heterocycles. The van der Waals surface area contributed by atoms with Gasteiger partial charge < -0.3 is 15.5 Å². The predicted molar refractivity (Wildman–Crippen MR) is 64.1 cm³/mol. The number of likely N-dealkylation sites (tertiary alicyclic amines) is 1. The van der Waals surface area contributed by atoms with Crippen LogP contribution in [0.3, 0.4) is 0 Å². The molecule has 2 atom stereocenters. The Morgan fingerprint density at radius 3 is 2.53 bits per heavy atom. The van der Waals surface area contributed by atoms with Crippen LogP contribution in [-0.2, 0) is 0 Å². The molecule has 0 aromatic rings. The maximum Gasteiger partial charge on any atom is 0.0247 e. The molecule has 0 aliphatic carbocycles. The van der Waals surface area contributed by atoms with Crippen molar-refractivity contribution in [1.82, 2.24) is 15.5 Å². The standard InChI is InChI=1S/C12H25N3/c1-13-12(11-4-3-7-14-11)10-5-8-15(2)9-6-10/h10-14H,3-9H2,1-2H3. The van der Waals surface area contributed by atoms with E-state index in [0.29, 0.717) is 6.04 Å². The molecular formula is C12H25N3. The van der Waals surface area contributed by atoms with Crippen LogP contribution < -0.4 is 10.6 Å². The summed E-state index contributed by atoms with van der Waals surface area (Å²) >= 11 is 0. The van der Waals surface area contributed by atoms with Crippen molar-refractivity contribution >= 4 is 0 Å². The summed E-state index contributed by atoms with van der Waals surface area (Å²) in [4.78, 5) is 2.45. The highest BCUT2D eigenvalue weighted by atomic mass is 15.1. The summed E-state index contributed by atoms with van der Waals surface area (Å²) < 4.78 is 0. The van der Waals surface area contributed by atoms with E-state index < -0.39 is 0 Å². The lowest BCUT2D eigenvalue weighted by Gasteiger charge is -2.37. The van der Waals surface area contributed by atoms with Crippen LogP contribution >= 0.6 is 0 Å². The second kappa shape index (κ2) is 5.28. The summed E-state index contributed by atoms with van der Waals surface area (Å²) in [5, 5.41) is 7.19. The third kappa shape index (κ3) is 2.71. The fraction of sp³-hybridized carbons (Fsp3) is 1.00. The number of rotatable bonds is 3. The zero-order valence-electron chi connectivity index (χ0n) is 10.1. The molecular weight excluding hydrogens is 186 g/mol. The molecule has 88 valence electrons. The molecule has 15 heavy (non-hydrogen) atoms. The van der Waals surface area contributed by atoms with Crippen LogP contribution in [0.1, 0.15) is 25.7 Å². The average molecular weight is 211 g/mol. The monoisotopic (exact) mass is 211 g/mol. The van der Waals surface area contributed by atoms with Crippen LogP contribution in [0.4, 0.5) is 0 Å². The van der Waals surface area contributed by atoms with E-state index in [1.807, 2.05) is 0 Å². The van der Waals surface area contributed by atoms with Crippen molar-refractivity contribution in [3.05, 3.63) is 0 Å². The summed E-state index contributed by atoms with van der Waals surface area (Å²) in [5.74, 6) is 0.877. The Hall–Kier alpha value is -0.120. The van der Waals surface area contributed by atoms with E-state index >= 15 is 0 Å². The van der Waals surface area contributed by atoms with E-state index in [9.17, 15) is 0 Å². The quantitative estimate of drug-likeness (QED) is 0.718. The van der Waals surface area contributed by atoms with Crippen LogP contribution in [-0.4, -0.2) is 50.7 Å². The Bertz CT molecular complexity index is 181. The lowest BCUT2D eigenvalue weighted by atomic mass is 9.85. The summed E-state index contributed by atoms with van der Waals surface area (Å²) in [6.07, 6.45) is 5.44. The van der Waals surface area contributed by atoms with Crippen LogP contribution in [0.5, 0.6) is 0 Å². The van der Waals surface area contributed by atoms with Crippen molar-refractivity contribution in [3.8, 4) is 0 Å². The lowest BCUT2D eigenvalue weighted by molar-refractivity contribution is 0.171. The first-order chi connectivity index (χ1) is 7.31. The molecule has 2 N–H and O–H groups in total. The van der Waals surface area contributed by atoms with Gasteiger partial charge in [-0.05, 0) is 65.3 Å². The van der Waals surface area contributed by atoms with Gasteiger partial charge in [0.1, 0.15) is 0 Å². The van der Waals surface area contributed by atoms with Crippen molar-refractivity contribution in [2.75, 3.05) is 33.7 Å². The molecule has 3 heteroatoms. The van der Waals surface area contributed by atoms with Crippen molar-refractivity contribution in [1.29, 1.82) is 0 Å². The van der Waals surface area contributed by atoms with Crippen LogP contribution in [0.2, 0.25) is 0 Å². The van der Waals surface area contributed by atoms with Gasteiger partial charge in [0.2, 0.25) is 0 Å². The van der Waals surface area contributed by atoms with Gasteiger partial charge in [-0.1, -0.05) is 0 Å². The Morgan fingerprint density at radius 1 is 1.27 bits per heavy atom. The molecule has 2 saturated heterocycles. The Kier molecular flexibility index (Phi) is 4.00. The van der Waals surface area contributed by atoms with Gasteiger partial charge in [-0.25, -0.2) is 0 Å². The number of piperidine rings is 1. The summed E-state index contributed by atoms with van der Waals surface area (Å²) in [5.41, 5.74) is 0. The van der Waals surface area contributed by atoms with Gasteiger partial charge in [-0.3, -0.25) is 0 Å². The topological polar surface area (TPSA) is 27.3 Å². The highest BCUT2D eigenvalue weighted by molar-refractivity contribution is 4.91. The van der Waals surface area contributed by atoms with E-state index in [-0.39, 0.29) is 0 Å². The zero-order chi connectivity index (χ0) is 10.7. The largest absolute Gasteiger partial charge is 0.315 e. The molecule has 2 aliphatic heterocycles. The molecule has 0 spiro atoms. The minimum atomic E-state index is 0.696. The molecule has 3 nitrogen and oxygen atoms in total. The Balaban J connectivity index is 1.88. The SMILES string of the molecule is CNC(C1CCN(C)CC1)C1CCCN1. The first-order valence-electron chi connectivity index (χ1n) is 6.40. The number of hydrogen-bond donors (Lipinski definition) is 2. The third-order valence-electron chi connectivity index (χ3n) is 4.14. The summed E-state index contributed by atoms with van der Waals surface area (Å²) in [6, 6.07) is 1.42. The van der Waals surface area contributed by atoms with Gasteiger partial charge in [-0.2, -0.15) is 0 Å². The molecule has 0 aromatic heterocycles. The van der Waals surface area contributed by atoms with E-state index in [1.54, 1.807) is 0 Å². The van der Waals surface area contributed by atoms with Crippen LogP contribution in [0.15, 0.2) is 0 Å². The van der Waals surface area contributed by atoms with Crippen LogP contribution in [0, 0.1) is 5.92 Å². The van der Waals surface area contributed by atoms with Crippen LogP contribution in [0.25, 0.3) is 0 Å². The molecule has 0 saturated carbocycles. The first-order valence-corrected chi connectivity index (χ1v) is 6.40. The number of nitrogens with zero attached hydrogens (tertiary/aromatic N) is 1. The second-order valence-corrected chi connectivity index (χ2v) is 5.16. The minimum Gasteiger partial charge on any atom is -0.315 e. The predicted octanol–water partition coefficient (Wildman–Crippen LogP) is 0.668. The molecule has 2 unspecified atom stereocenters. The fourth-order valence-corrected chi connectivity index (χ4v) is 3.17. The van der Waals surface area contributed by atoms with Gasteiger partial charge >= 0.3 is 0 Å². The molecule has 2 aliphatic rings. The van der Waals surface area contributed by atoms with E-state index in [1.165, 1.54) is 45.3 Å². The molecule has 0 aromatic carbocycles. The van der Waals surface area contributed by atoms with Gasteiger partial charge in [0.15, 0.2) is 0 Å². The fourth-order valence-electron chi connectivity index (χ4n) is 3.17. The summed E-state index contributed by atoms with van der Waals surface area (Å²) in [7, 11) is 4.36. The van der Waals surface area contributed by atoms with Crippen molar-refractivity contribution in [3.63, 3.8) is 0 Å². The second-order valence-electron chi connectivity index (χ2n) is 5.16. The number of hydrogen-bond acceptors (Lipinski definition) is 3. The van der Waals surface area contributed by atoms with Gasteiger partial charge in [-0.15, -0.1) is 0 Å². The highest BCUT2D eigenvalue weighted by Crippen LogP contribution is 2.24. The molecule has 2 rings (SSSR count). The lowest BCUT2D eigenvalue weighted by Crippen LogP contribution is -2.50. The molecule has 0 amide bonds. The molecule has 0 bridgehead atoms. The van der Waals surface area contributed by atoms with Gasteiger partial charge in [0.25, 0.3) is 0 Å². The Labute approximate surface area is 93.6 Å². The van der Waals surface area contributed by atoms with E-state index in [2.05, 4.69) is 29.6 Å². The normalized spacial score (nSPS) is 32.0. The first kappa shape index (κ1) is 11.4. The van der Waals surface area contributed by atoms with E-state index in [4.69, 9.17) is 0 Å². The third-order valence-corrected chi connectivity index (χ3v) is 4.14. The molecule has 2 fully saturated rings. The van der Waals surface area contributed by atoms with Gasteiger partial charge in [0.05, 0.1) is 0 Å². The average Bonchev–Trinajstić information content (AvgIpc) is 2.75. The number of nitrogens with one attached hydrogen (secondary N) is 2. The minimum absolute atomic E-state index is 0.696. The van der Waals surface area contributed by atoms with E-state index in [0.717, 1.165) is 12.0 Å². The maximum atomic E-state index is 3.64. The van der Waals surface area contributed by atoms with Crippen molar-refractivity contribution in [2.24, 2.45) is 5.92 Å². The Morgan fingerprint density at radius 2 is 2.00 bits per heavy atom.